The van der Waals surface area contributed by atoms with Crippen molar-refractivity contribution >= 4 is 29.8 Å². The molecular formula is C31H39F3N6O9. The number of piperidine rings is 1. The summed E-state index contributed by atoms with van der Waals surface area (Å²) in [6.07, 6.45) is -4.22. The van der Waals surface area contributed by atoms with Crippen LogP contribution in [0.3, 0.4) is 0 Å². The Morgan fingerprint density at radius 2 is 1.63 bits per heavy atom. The van der Waals surface area contributed by atoms with Gasteiger partial charge >= 0.3 is 24.2 Å². The molecule has 0 bridgehead atoms. The molecule has 1 aromatic carbocycles. The molecule has 3 amide bonds. The minimum atomic E-state index is -5.08. The SMILES string of the molecule is CCOC(=O)N1CCN(C(=O)C(CCC(=O)O)NC(=O)c2cc(O[C@H]3CCCN(C)C3)nc(-c3ccccc3)n2)CC1.O=C(O)C(F)(F)F. The third-order valence-electron chi connectivity index (χ3n) is 7.45. The van der Waals surface area contributed by atoms with Crippen molar-refractivity contribution in [1.29, 1.82) is 0 Å². The zero-order valence-electron chi connectivity index (χ0n) is 27.0. The predicted molar refractivity (Wildman–Crippen MR) is 166 cm³/mol. The van der Waals surface area contributed by atoms with Gasteiger partial charge in [-0.05, 0) is 39.8 Å². The van der Waals surface area contributed by atoms with Gasteiger partial charge in [0.2, 0.25) is 11.8 Å². The maximum Gasteiger partial charge on any atom is 0.490 e. The molecule has 2 aliphatic rings. The lowest BCUT2D eigenvalue weighted by molar-refractivity contribution is -0.192. The van der Waals surface area contributed by atoms with Gasteiger partial charge in [0.25, 0.3) is 5.91 Å². The Bertz CT molecular complexity index is 1460. The molecule has 3 N–H and O–H groups in total. The molecule has 0 spiro atoms. The van der Waals surface area contributed by atoms with Crippen LogP contribution < -0.4 is 10.1 Å². The number of likely N-dealkylation sites (tertiary alicyclic amines) is 1. The first-order valence-corrected chi connectivity index (χ1v) is 15.5. The largest absolute Gasteiger partial charge is 0.490 e. The van der Waals surface area contributed by atoms with Gasteiger partial charge < -0.3 is 39.7 Å². The highest BCUT2D eigenvalue weighted by Gasteiger charge is 2.38. The van der Waals surface area contributed by atoms with Crippen LogP contribution >= 0.6 is 0 Å². The summed E-state index contributed by atoms with van der Waals surface area (Å²) in [5.41, 5.74) is 0.694. The number of carbonyl (C=O) groups is 5. The molecule has 2 aromatic rings. The molecule has 2 atom stereocenters. The summed E-state index contributed by atoms with van der Waals surface area (Å²) in [5, 5.41) is 19.1. The number of nitrogens with zero attached hydrogens (tertiary/aromatic N) is 5. The number of hydrogen-bond acceptors (Lipinski definition) is 10. The van der Waals surface area contributed by atoms with Crippen molar-refractivity contribution in [2.75, 3.05) is 52.9 Å². The number of nitrogens with one attached hydrogen (secondary N) is 1. The molecular weight excluding hydrogens is 657 g/mol. The van der Waals surface area contributed by atoms with Crippen molar-refractivity contribution in [3.63, 3.8) is 0 Å². The van der Waals surface area contributed by atoms with Gasteiger partial charge in [-0.25, -0.2) is 14.6 Å². The highest BCUT2D eigenvalue weighted by atomic mass is 19.4. The first-order valence-electron chi connectivity index (χ1n) is 15.5. The van der Waals surface area contributed by atoms with E-state index in [0.29, 0.717) is 11.4 Å². The lowest BCUT2D eigenvalue weighted by Crippen LogP contribution is -2.56. The second-order valence-electron chi connectivity index (χ2n) is 11.2. The Morgan fingerprint density at radius 1 is 1.00 bits per heavy atom. The summed E-state index contributed by atoms with van der Waals surface area (Å²) in [6.45, 7) is 4.68. The van der Waals surface area contributed by atoms with Crippen LogP contribution in [0.25, 0.3) is 11.4 Å². The van der Waals surface area contributed by atoms with Crippen molar-refractivity contribution in [3.05, 3.63) is 42.1 Å². The number of benzene rings is 1. The van der Waals surface area contributed by atoms with Gasteiger partial charge in [-0.2, -0.15) is 18.2 Å². The van der Waals surface area contributed by atoms with Crippen molar-refractivity contribution in [3.8, 4) is 17.3 Å². The molecule has 49 heavy (non-hydrogen) atoms. The molecule has 2 aliphatic heterocycles. The molecule has 15 nitrogen and oxygen atoms in total. The number of amides is 3. The summed E-state index contributed by atoms with van der Waals surface area (Å²) in [6, 6.07) is 9.53. The number of alkyl halides is 3. The number of aromatic nitrogens is 2. The van der Waals surface area contributed by atoms with Crippen molar-refractivity contribution < 1.29 is 56.8 Å². The molecule has 3 heterocycles. The van der Waals surface area contributed by atoms with Crippen LogP contribution in [0.1, 0.15) is 43.1 Å². The second kappa shape index (κ2) is 18.0. The summed E-state index contributed by atoms with van der Waals surface area (Å²) < 4.78 is 43.0. The summed E-state index contributed by atoms with van der Waals surface area (Å²) in [4.78, 5) is 73.5. The number of carboxylic acid groups (broad SMARTS) is 2. The van der Waals surface area contributed by atoms with E-state index in [0.717, 1.165) is 25.9 Å². The zero-order valence-corrected chi connectivity index (χ0v) is 27.0. The molecule has 0 aliphatic carbocycles. The minimum Gasteiger partial charge on any atom is -0.481 e. The number of ether oxygens (including phenoxy) is 2. The minimum absolute atomic E-state index is 0.00303. The van der Waals surface area contributed by atoms with E-state index in [1.165, 1.54) is 15.9 Å². The van der Waals surface area contributed by atoms with Gasteiger partial charge in [-0.3, -0.25) is 14.4 Å². The van der Waals surface area contributed by atoms with Crippen LogP contribution in [0.2, 0.25) is 0 Å². The molecule has 18 heteroatoms. The quantitative estimate of drug-likeness (QED) is 0.330. The average molecular weight is 697 g/mol. The molecule has 2 fully saturated rings. The van der Waals surface area contributed by atoms with E-state index >= 15 is 0 Å². The van der Waals surface area contributed by atoms with E-state index in [9.17, 15) is 37.5 Å². The van der Waals surface area contributed by atoms with E-state index in [1.54, 1.807) is 6.92 Å². The maximum atomic E-state index is 13.5. The number of carboxylic acids is 2. The topological polar surface area (TPSA) is 192 Å². The zero-order chi connectivity index (χ0) is 36.1. The first kappa shape index (κ1) is 38.4. The van der Waals surface area contributed by atoms with Crippen LogP contribution in [-0.2, 0) is 19.1 Å². The van der Waals surface area contributed by atoms with Gasteiger partial charge in [0.05, 0.1) is 6.61 Å². The standard InChI is InChI=1S/C29H38N6O7.C2HF3O2/c1-3-41-29(40)35-16-14-34(15-17-35)28(39)22(11-12-25(36)37)31-27(38)23-18-24(42-21-10-7-13-33(2)19-21)32-26(30-23)20-8-5-4-6-9-20;3-2(4,5)1(6)7/h4-6,8-9,18,21-22H,3,7,10-17,19H2,1-2H3,(H,31,38)(H,36,37);(H,6,7)/t21-,22?;/m0./s1. The number of likely N-dealkylation sites (N-methyl/N-ethyl adjacent to an activating group) is 1. The Kier molecular flexibility index (Phi) is 14.1. The smallest absolute Gasteiger partial charge is 0.481 e. The lowest BCUT2D eigenvalue weighted by Gasteiger charge is -2.35. The van der Waals surface area contributed by atoms with Gasteiger partial charge in [0.1, 0.15) is 17.8 Å². The van der Waals surface area contributed by atoms with Crippen molar-refractivity contribution in [1.82, 2.24) is 30.0 Å². The van der Waals surface area contributed by atoms with Gasteiger partial charge in [-0.15, -0.1) is 0 Å². The fourth-order valence-electron chi connectivity index (χ4n) is 5.01. The fourth-order valence-corrected chi connectivity index (χ4v) is 5.01. The van der Waals surface area contributed by atoms with Crippen LogP contribution in [0.4, 0.5) is 18.0 Å². The third-order valence-corrected chi connectivity index (χ3v) is 7.45. The Morgan fingerprint density at radius 3 is 2.20 bits per heavy atom. The van der Waals surface area contributed by atoms with E-state index in [4.69, 9.17) is 19.4 Å². The number of piperazine rings is 1. The van der Waals surface area contributed by atoms with Gasteiger partial charge in [-0.1, -0.05) is 30.3 Å². The van der Waals surface area contributed by atoms with Gasteiger partial charge in [0, 0.05) is 50.8 Å². The molecule has 0 radical (unpaired) electrons. The summed E-state index contributed by atoms with van der Waals surface area (Å²) >= 11 is 0. The van der Waals surface area contributed by atoms with Crippen LogP contribution in [0.15, 0.2) is 36.4 Å². The van der Waals surface area contributed by atoms with E-state index in [2.05, 4.69) is 20.2 Å². The number of aliphatic carboxylic acids is 2. The van der Waals surface area contributed by atoms with Crippen LogP contribution in [0.5, 0.6) is 5.88 Å². The van der Waals surface area contributed by atoms with Crippen LogP contribution in [0, 0.1) is 0 Å². The van der Waals surface area contributed by atoms with E-state index < -0.39 is 42.1 Å². The predicted octanol–water partition coefficient (Wildman–Crippen LogP) is 2.51. The number of carbonyl (C=O) groups excluding carboxylic acids is 3. The normalized spacial score (nSPS) is 17.2. The summed E-state index contributed by atoms with van der Waals surface area (Å²) in [5.74, 6) is -4.37. The monoisotopic (exact) mass is 696 g/mol. The highest BCUT2D eigenvalue weighted by Crippen LogP contribution is 2.22. The Labute approximate surface area is 280 Å². The molecule has 4 rings (SSSR count). The number of halogens is 3. The average Bonchev–Trinajstić information content (AvgIpc) is 3.06. The lowest BCUT2D eigenvalue weighted by atomic mass is 10.1. The fraction of sp³-hybridized carbons (Fsp3) is 0.516. The maximum absolute atomic E-state index is 13.5. The number of rotatable bonds is 10. The van der Waals surface area contributed by atoms with Crippen molar-refractivity contribution in [2.24, 2.45) is 0 Å². The molecule has 1 unspecified atom stereocenters. The Balaban J connectivity index is 0.000000838. The molecule has 268 valence electrons. The first-order chi connectivity index (χ1) is 23.2. The van der Waals surface area contributed by atoms with E-state index in [1.807, 2.05) is 37.4 Å². The van der Waals surface area contributed by atoms with Crippen LogP contribution in [-0.4, -0.2) is 136 Å². The molecule has 2 saturated heterocycles. The van der Waals surface area contributed by atoms with E-state index in [-0.39, 0.29) is 63.3 Å². The third kappa shape index (κ3) is 12.2. The highest BCUT2D eigenvalue weighted by molar-refractivity contribution is 5.96. The second-order valence-corrected chi connectivity index (χ2v) is 11.2. The molecule has 0 saturated carbocycles. The summed E-state index contributed by atoms with van der Waals surface area (Å²) in [7, 11) is 2.02. The molecule has 1 aromatic heterocycles. The number of hydrogen-bond donors (Lipinski definition) is 3. The van der Waals surface area contributed by atoms with Gasteiger partial charge in [0.15, 0.2) is 5.82 Å². The van der Waals surface area contributed by atoms with Crippen molar-refractivity contribution in [2.45, 2.75) is 50.9 Å². The Hall–Kier alpha value is -5.00.